The molecule has 0 saturated carbocycles. The lowest BCUT2D eigenvalue weighted by Crippen LogP contribution is -2.52. The van der Waals surface area contributed by atoms with E-state index in [-0.39, 0.29) is 11.5 Å². The number of carbonyl (C=O) groups is 4. The Morgan fingerprint density at radius 3 is 2.21 bits per heavy atom. The highest BCUT2D eigenvalue weighted by atomic mass is 16.5. The molecule has 1 aliphatic heterocycles. The van der Waals surface area contributed by atoms with Crippen LogP contribution in [0.4, 0.5) is 4.79 Å². The molecule has 3 rings (SSSR count). The number of ether oxygens (including phenoxy) is 1. The summed E-state index contributed by atoms with van der Waals surface area (Å²) < 4.78 is 10.8. The summed E-state index contributed by atoms with van der Waals surface area (Å²) in [6, 6.07) is 9.32. The van der Waals surface area contributed by atoms with Gasteiger partial charge in [-0.15, -0.1) is 0 Å². The van der Waals surface area contributed by atoms with E-state index >= 15 is 0 Å². The number of carbonyl (C=O) groups excluding carboxylic acids is 4. The van der Waals surface area contributed by atoms with Gasteiger partial charge < -0.3 is 9.15 Å². The molecule has 0 spiro atoms. The summed E-state index contributed by atoms with van der Waals surface area (Å²) in [5.41, 5.74) is 0.988. The van der Waals surface area contributed by atoms with E-state index < -0.39 is 17.8 Å². The first kappa shape index (κ1) is 20.1. The maximum atomic E-state index is 12.3. The molecule has 8 nitrogen and oxygen atoms in total. The second-order valence-electron chi connectivity index (χ2n) is 6.48. The fraction of sp³-hybridized carbons (Fsp3) is 0.238. The Hall–Kier alpha value is -3.68. The molecule has 1 aromatic carbocycles. The van der Waals surface area contributed by atoms with E-state index in [2.05, 4.69) is 0 Å². The molecule has 1 saturated heterocycles. The molecular formula is C21H20N2O6. The van der Waals surface area contributed by atoms with Crippen LogP contribution in [-0.4, -0.2) is 54.3 Å². The summed E-state index contributed by atoms with van der Waals surface area (Å²) in [6.45, 7) is 2.28. The summed E-state index contributed by atoms with van der Waals surface area (Å²) in [4.78, 5) is 49.9. The average Bonchev–Trinajstić information content (AvgIpc) is 3.21. The topological polar surface area (TPSA) is 97.1 Å². The van der Waals surface area contributed by atoms with Gasteiger partial charge in [-0.3, -0.25) is 19.4 Å². The number of furan rings is 1. The van der Waals surface area contributed by atoms with Crippen LogP contribution in [0.3, 0.4) is 0 Å². The van der Waals surface area contributed by atoms with E-state index in [0.29, 0.717) is 29.3 Å². The van der Waals surface area contributed by atoms with Crippen LogP contribution < -0.4 is 0 Å². The van der Waals surface area contributed by atoms with Gasteiger partial charge in [0.15, 0.2) is 0 Å². The van der Waals surface area contributed by atoms with Crippen molar-refractivity contribution in [3.63, 3.8) is 0 Å². The number of urea groups is 1. The number of nitrogens with zero attached hydrogens (tertiary/aromatic N) is 2. The zero-order valence-corrected chi connectivity index (χ0v) is 16.3. The molecule has 0 radical (unpaired) electrons. The molecule has 1 aliphatic rings. The highest BCUT2D eigenvalue weighted by Crippen LogP contribution is 2.25. The van der Waals surface area contributed by atoms with Gasteiger partial charge in [-0.2, -0.15) is 0 Å². The zero-order valence-electron chi connectivity index (χ0n) is 16.3. The van der Waals surface area contributed by atoms with E-state index in [1.54, 1.807) is 36.4 Å². The number of rotatable bonds is 5. The van der Waals surface area contributed by atoms with Gasteiger partial charge in [0, 0.05) is 19.7 Å². The van der Waals surface area contributed by atoms with Gasteiger partial charge in [0.05, 0.1) is 12.2 Å². The predicted octanol–water partition coefficient (Wildman–Crippen LogP) is 2.95. The summed E-state index contributed by atoms with van der Waals surface area (Å²) >= 11 is 0. The molecule has 0 N–H and O–H groups in total. The van der Waals surface area contributed by atoms with E-state index in [9.17, 15) is 19.2 Å². The summed E-state index contributed by atoms with van der Waals surface area (Å²) in [7, 11) is 2.62. The lowest BCUT2D eigenvalue weighted by molar-refractivity contribution is -0.134. The van der Waals surface area contributed by atoms with Crippen molar-refractivity contribution in [1.82, 2.24) is 9.80 Å². The van der Waals surface area contributed by atoms with Crippen LogP contribution in [0.2, 0.25) is 0 Å². The highest BCUT2D eigenvalue weighted by Gasteiger charge is 2.38. The van der Waals surface area contributed by atoms with Crippen molar-refractivity contribution >= 4 is 29.9 Å². The number of esters is 1. The number of amides is 4. The minimum absolute atomic E-state index is 0.162. The number of benzene rings is 1. The van der Waals surface area contributed by atoms with Crippen molar-refractivity contribution in [2.45, 2.75) is 13.3 Å². The van der Waals surface area contributed by atoms with E-state index in [1.165, 1.54) is 20.2 Å². The molecule has 150 valence electrons. The average molecular weight is 396 g/mol. The molecule has 2 heterocycles. The van der Waals surface area contributed by atoms with Gasteiger partial charge >= 0.3 is 12.0 Å². The molecule has 1 aromatic heterocycles. The van der Waals surface area contributed by atoms with Gasteiger partial charge in [-0.05, 0) is 36.8 Å². The number of hydrogen-bond acceptors (Lipinski definition) is 6. The molecule has 29 heavy (non-hydrogen) atoms. The van der Waals surface area contributed by atoms with Gasteiger partial charge in [0.25, 0.3) is 11.8 Å². The van der Waals surface area contributed by atoms with E-state index in [0.717, 1.165) is 16.2 Å². The smallest absolute Gasteiger partial charge is 0.338 e. The highest BCUT2D eigenvalue weighted by molar-refractivity contribution is 6.30. The molecule has 8 heteroatoms. The largest absolute Gasteiger partial charge is 0.462 e. The van der Waals surface area contributed by atoms with Crippen molar-refractivity contribution in [3.8, 4) is 11.3 Å². The maximum Gasteiger partial charge on any atom is 0.338 e. The molecular weight excluding hydrogens is 376 g/mol. The Morgan fingerprint density at radius 2 is 1.62 bits per heavy atom. The quantitative estimate of drug-likeness (QED) is 0.438. The third-order valence-corrected chi connectivity index (χ3v) is 4.40. The summed E-state index contributed by atoms with van der Waals surface area (Å²) in [6.07, 6.45) is 2.06. The van der Waals surface area contributed by atoms with Crippen LogP contribution in [0.25, 0.3) is 17.4 Å². The van der Waals surface area contributed by atoms with Crippen LogP contribution in [-0.2, 0) is 14.3 Å². The van der Waals surface area contributed by atoms with Crippen LogP contribution in [0.1, 0.15) is 29.5 Å². The number of likely N-dealkylation sites (N-methyl/N-ethyl adjacent to an activating group) is 2. The van der Waals surface area contributed by atoms with Crippen LogP contribution in [0, 0.1) is 0 Å². The van der Waals surface area contributed by atoms with Crippen LogP contribution in [0.5, 0.6) is 0 Å². The Morgan fingerprint density at radius 1 is 1.00 bits per heavy atom. The minimum Gasteiger partial charge on any atom is -0.462 e. The maximum absolute atomic E-state index is 12.3. The second kappa shape index (κ2) is 8.14. The van der Waals surface area contributed by atoms with Gasteiger partial charge in [0.1, 0.15) is 17.1 Å². The third kappa shape index (κ3) is 3.96. The number of hydrogen-bond donors (Lipinski definition) is 0. The Bertz CT molecular complexity index is 976. The van der Waals surface area contributed by atoms with Crippen molar-refractivity contribution in [2.24, 2.45) is 0 Å². The molecule has 4 amide bonds. The molecule has 2 aromatic rings. The first-order chi connectivity index (χ1) is 13.8. The van der Waals surface area contributed by atoms with Crippen molar-refractivity contribution in [1.29, 1.82) is 0 Å². The zero-order chi connectivity index (χ0) is 21.1. The molecule has 0 bridgehead atoms. The van der Waals surface area contributed by atoms with Gasteiger partial charge in [0.2, 0.25) is 0 Å². The Balaban J connectivity index is 1.81. The van der Waals surface area contributed by atoms with Gasteiger partial charge in [-0.25, -0.2) is 9.59 Å². The first-order valence-corrected chi connectivity index (χ1v) is 9.02. The lowest BCUT2D eigenvalue weighted by atomic mass is 10.1. The van der Waals surface area contributed by atoms with E-state index in [1.807, 2.05) is 6.92 Å². The van der Waals surface area contributed by atoms with Crippen LogP contribution >= 0.6 is 0 Å². The Labute approximate surface area is 167 Å². The molecule has 0 atom stereocenters. The summed E-state index contributed by atoms with van der Waals surface area (Å²) in [5.74, 6) is -0.976. The first-order valence-electron chi connectivity index (χ1n) is 9.02. The fourth-order valence-corrected chi connectivity index (χ4v) is 2.75. The third-order valence-electron chi connectivity index (χ3n) is 4.40. The van der Waals surface area contributed by atoms with Crippen molar-refractivity contribution in [2.75, 3.05) is 20.7 Å². The monoisotopic (exact) mass is 396 g/mol. The normalized spacial score (nSPS) is 14.4. The van der Waals surface area contributed by atoms with Crippen LogP contribution in [0.15, 0.2) is 46.4 Å². The minimum atomic E-state index is -0.689. The van der Waals surface area contributed by atoms with Crippen molar-refractivity contribution in [3.05, 3.63) is 53.3 Å². The Kier molecular flexibility index (Phi) is 5.63. The standard InChI is InChI=1S/C21H20N2O6/c1-4-11-28-20(26)14-7-5-13(6-8-14)17-10-9-15(29-17)12-16-18(24)22(2)21(27)23(3)19(16)25/h5-10,12H,4,11H2,1-3H3. The lowest BCUT2D eigenvalue weighted by Gasteiger charge is -2.28. The predicted molar refractivity (Wildman–Crippen MR) is 104 cm³/mol. The molecule has 0 aliphatic carbocycles. The second-order valence-corrected chi connectivity index (χ2v) is 6.48. The van der Waals surface area contributed by atoms with Crippen molar-refractivity contribution < 1.29 is 28.3 Å². The van der Waals surface area contributed by atoms with Gasteiger partial charge in [-0.1, -0.05) is 19.1 Å². The molecule has 0 unspecified atom stereocenters. The molecule has 1 fully saturated rings. The number of imide groups is 2. The van der Waals surface area contributed by atoms with E-state index in [4.69, 9.17) is 9.15 Å². The SMILES string of the molecule is CCCOC(=O)c1ccc(-c2ccc(C=C3C(=O)N(C)C(=O)N(C)C3=O)o2)cc1. The fourth-order valence-electron chi connectivity index (χ4n) is 2.75. The number of barbiturate groups is 1. The summed E-state index contributed by atoms with van der Waals surface area (Å²) in [5, 5.41) is 0.